The Morgan fingerprint density at radius 1 is 0.974 bits per heavy atom. The first kappa shape index (κ1) is 26.2. The van der Waals surface area contributed by atoms with Gasteiger partial charge in [0.1, 0.15) is 5.82 Å². The van der Waals surface area contributed by atoms with Crippen molar-refractivity contribution in [3.63, 3.8) is 0 Å². The van der Waals surface area contributed by atoms with Gasteiger partial charge in [0.25, 0.3) is 5.91 Å². The van der Waals surface area contributed by atoms with Gasteiger partial charge >= 0.3 is 0 Å². The molecule has 0 unspecified atom stereocenters. The maximum Gasteiger partial charge on any atom is 0.256 e. The van der Waals surface area contributed by atoms with Gasteiger partial charge in [-0.2, -0.15) is 5.10 Å². The molecule has 0 aliphatic rings. The normalized spacial score (nSPS) is 11.3. The van der Waals surface area contributed by atoms with Crippen molar-refractivity contribution in [3.05, 3.63) is 96.3 Å². The molecule has 200 valence electrons. The van der Waals surface area contributed by atoms with E-state index in [2.05, 4.69) is 67.3 Å². The smallest absolute Gasteiger partial charge is 0.256 e. The summed E-state index contributed by atoms with van der Waals surface area (Å²) in [6, 6.07) is 25.8. The summed E-state index contributed by atoms with van der Waals surface area (Å²) in [7, 11) is 0. The molecule has 0 fully saturated rings. The lowest BCUT2D eigenvalue weighted by molar-refractivity contribution is 0.102. The van der Waals surface area contributed by atoms with Crippen LogP contribution in [0.15, 0.2) is 85.2 Å². The highest BCUT2D eigenvalue weighted by atomic mass is 16.1. The van der Waals surface area contributed by atoms with E-state index in [0.717, 1.165) is 67.1 Å². The average molecular weight is 522 g/mol. The summed E-state index contributed by atoms with van der Waals surface area (Å²) in [6.45, 7) is 9.26. The van der Waals surface area contributed by atoms with Crippen LogP contribution in [0.1, 0.15) is 36.2 Å². The minimum Gasteiger partial charge on any atom is -0.385 e. The zero-order valence-corrected chi connectivity index (χ0v) is 22.5. The summed E-state index contributed by atoms with van der Waals surface area (Å²) in [4.78, 5) is 19.8. The Hall–Kier alpha value is -4.43. The number of amides is 1. The van der Waals surface area contributed by atoms with Gasteiger partial charge in [-0.3, -0.25) is 9.89 Å². The highest BCUT2D eigenvalue weighted by Crippen LogP contribution is 2.25. The molecule has 3 N–H and O–H groups in total. The summed E-state index contributed by atoms with van der Waals surface area (Å²) in [5, 5.41) is 13.7. The third-order valence-electron chi connectivity index (χ3n) is 6.96. The number of hydrogen-bond acceptors (Lipinski definition) is 5. The van der Waals surface area contributed by atoms with Gasteiger partial charge in [0, 0.05) is 36.0 Å². The third kappa shape index (κ3) is 6.53. The Morgan fingerprint density at radius 2 is 1.77 bits per heavy atom. The van der Waals surface area contributed by atoms with Crippen molar-refractivity contribution >= 4 is 28.4 Å². The zero-order valence-electron chi connectivity index (χ0n) is 22.5. The van der Waals surface area contributed by atoms with Crippen molar-refractivity contribution in [2.45, 2.75) is 26.8 Å². The molecular weight excluding hydrogens is 486 g/mol. The molecule has 0 saturated heterocycles. The highest BCUT2D eigenvalue weighted by molar-refractivity contribution is 6.04. The number of carbonyl (C=O) groups excluding carboxylic acids is 1. The summed E-state index contributed by atoms with van der Waals surface area (Å²) >= 11 is 0. The second kappa shape index (κ2) is 12.4. The molecule has 1 amide bonds. The molecule has 39 heavy (non-hydrogen) atoms. The maximum atomic E-state index is 12.8. The number of rotatable bonds is 12. The number of hydrogen-bond donors (Lipinski definition) is 3. The molecule has 3 aromatic carbocycles. The number of benzene rings is 3. The topological polar surface area (TPSA) is 90.9 Å². The van der Waals surface area contributed by atoms with E-state index in [4.69, 9.17) is 0 Å². The molecule has 0 aliphatic carbocycles. The van der Waals surface area contributed by atoms with E-state index < -0.39 is 0 Å². The van der Waals surface area contributed by atoms with E-state index in [0.29, 0.717) is 11.4 Å². The fourth-order valence-electron chi connectivity index (χ4n) is 4.66. The number of nitrogens with one attached hydrogen (secondary N) is 3. The Kier molecular flexibility index (Phi) is 8.33. The Bertz CT molecular complexity index is 1500. The number of fused-ring (bicyclic) bond motifs is 1. The van der Waals surface area contributed by atoms with Crippen LogP contribution in [0, 0.1) is 0 Å². The summed E-state index contributed by atoms with van der Waals surface area (Å²) < 4.78 is 2.13. The highest BCUT2D eigenvalue weighted by Gasteiger charge is 2.12. The lowest BCUT2D eigenvalue weighted by Gasteiger charge is -2.17. The molecule has 0 radical (unpaired) electrons. The zero-order chi connectivity index (χ0) is 27.0. The van der Waals surface area contributed by atoms with E-state index in [9.17, 15) is 4.79 Å². The van der Waals surface area contributed by atoms with Gasteiger partial charge < -0.3 is 20.1 Å². The molecule has 0 spiro atoms. The van der Waals surface area contributed by atoms with Crippen molar-refractivity contribution in [1.82, 2.24) is 24.6 Å². The van der Waals surface area contributed by atoms with Gasteiger partial charge in [0.2, 0.25) is 0 Å². The van der Waals surface area contributed by atoms with Gasteiger partial charge in [-0.05, 0) is 68.0 Å². The van der Waals surface area contributed by atoms with E-state index in [-0.39, 0.29) is 5.91 Å². The van der Waals surface area contributed by atoms with Crippen molar-refractivity contribution < 1.29 is 4.79 Å². The first-order chi connectivity index (χ1) is 19.1. The molecule has 2 aromatic heterocycles. The average Bonchev–Trinajstić information content (AvgIpc) is 3.61. The molecular formula is C31H35N7O. The minimum absolute atomic E-state index is 0.185. The third-order valence-corrected chi connectivity index (χ3v) is 6.96. The summed E-state index contributed by atoms with van der Waals surface area (Å²) in [5.74, 6) is 0.362. The van der Waals surface area contributed by atoms with Crippen LogP contribution in [0.4, 0.5) is 11.5 Å². The molecule has 5 aromatic rings. The number of nitrogens with zero attached hydrogens (tertiary/aromatic N) is 4. The standard InChI is InChI=1S/C31H35N7O/c1-3-37(4-2)18-8-17-32-26-14-11-24(12-15-26)31(39)34-30-20-28(35-36-30)25-13-16-27-29(19-25)38(22-33-27)21-23-9-6-5-7-10-23/h5-7,9-16,19-20,22,32H,3-4,8,17-18,21H2,1-2H3,(H2,34,35,36,39). The first-order valence-electron chi connectivity index (χ1n) is 13.5. The largest absolute Gasteiger partial charge is 0.385 e. The fraction of sp³-hybridized carbons (Fsp3) is 0.258. The predicted octanol–water partition coefficient (Wildman–Crippen LogP) is 5.87. The van der Waals surface area contributed by atoms with E-state index in [1.807, 2.05) is 67.0 Å². The minimum atomic E-state index is -0.185. The Balaban J connectivity index is 1.20. The van der Waals surface area contributed by atoms with Crippen LogP contribution in [0.25, 0.3) is 22.3 Å². The lowest BCUT2D eigenvalue weighted by Crippen LogP contribution is -2.25. The Morgan fingerprint density at radius 3 is 2.54 bits per heavy atom. The van der Waals surface area contributed by atoms with E-state index in [1.54, 1.807) is 0 Å². The number of aromatic amines is 1. The van der Waals surface area contributed by atoms with Crippen molar-refractivity contribution in [2.75, 3.05) is 36.8 Å². The molecule has 0 aliphatic heterocycles. The predicted molar refractivity (Wildman–Crippen MR) is 158 cm³/mol. The molecule has 2 heterocycles. The monoisotopic (exact) mass is 521 g/mol. The van der Waals surface area contributed by atoms with Crippen LogP contribution in [0.2, 0.25) is 0 Å². The first-order valence-corrected chi connectivity index (χ1v) is 13.5. The SMILES string of the molecule is CCN(CC)CCCNc1ccc(C(=O)Nc2cc(-c3ccc4ncn(Cc5ccccc5)c4c3)n[nH]2)cc1. The van der Waals surface area contributed by atoms with E-state index >= 15 is 0 Å². The van der Waals surface area contributed by atoms with Crippen LogP contribution in [-0.4, -0.2) is 56.7 Å². The molecule has 0 bridgehead atoms. The quantitative estimate of drug-likeness (QED) is 0.179. The van der Waals surface area contributed by atoms with Crippen molar-refractivity contribution in [1.29, 1.82) is 0 Å². The van der Waals surface area contributed by atoms with Gasteiger partial charge in [-0.1, -0.05) is 50.2 Å². The molecule has 8 heteroatoms. The van der Waals surface area contributed by atoms with E-state index in [1.165, 1.54) is 5.56 Å². The molecule has 0 atom stereocenters. The Labute approximate surface area is 229 Å². The molecule has 5 rings (SSSR count). The second-order valence-corrected chi connectivity index (χ2v) is 9.57. The maximum absolute atomic E-state index is 12.8. The van der Waals surface area contributed by atoms with Crippen LogP contribution in [0.3, 0.4) is 0 Å². The second-order valence-electron chi connectivity index (χ2n) is 9.57. The van der Waals surface area contributed by atoms with Gasteiger partial charge in [-0.25, -0.2) is 4.98 Å². The summed E-state index contributed by atoms with van der Waals surface area (Å²) in [5.41, 5.74) is 6.48. The molecule has 0 saturated carbocycles. The number of imidazole rings is 1. The van der Waals surface area contributed by atoms with Crippen molar-refractivity contribution in [2.24, 2.45) is 0 Å². The fourth-order valence-corrected chi connectivity index (χ4v) is 4.66. The van der Waals surface area contributed by atoms with Crippen molar-refractivity contribution in [3.8, 4) is 11.3 Å². The van der Waals surface area contributed by atoms with Crippen LogP contribution < -0.4 is 10.6 Å². The van der Waals surface area contributed by atoms with Gasteiger partial charge in [0.05, 0.1) is 23.1 Å². The summed E-state index contributed by atoms with van der Waals surface area (Å²) in [6.07, 6.45) is 2.94. The van der Waals surface area contributed by atoms with Crippen LogP contribution in [-0.2, 0) is 6.54 Å². The van der Waals surface area contributed by atoms with Gasteiger partial charge in [0.15, 0.2) is 0 Å². The van der Waals surface area contributed by atoms with Crippen LogP contribution in [0.5, 0.6) is 0 Å². The number of anilines is 2. The number of carbonyl (C=O) groups is 1. The number of H-pyrrole nitrogens is 1. The lowest BCUT2D eigenvalue weighted by atomic mass is 10.1. The van der Waals surface area contributed by atoms with Crippen LogP contribution >= 0.6 is 0 Å². The molecule has 8 nitrogen and oxygen atoms in total. The number of aromatic nitrogens is 4. The van der Waals surface area contributed by atoms with Gasteiger partial charge in [-0.15, -0.1) is 0 Å².